The minimum Gasteiger partial charge on any atom is -0.390 e. The van der Waals surface area contributed by atoms with E-state index in [1.165, 1.54) is 0 Å². The van der Waals surface area contributed by atoms with Gasteiger partial charge in [-0.2, -0.15) is 0 Å². The van der Waals surface area contributed by atoms with Gasteiger partial charge in [-0.1, -0.05) is 39.0 Å². The van der Waals surface area contributed by atoms with Crippen LogP contribution in [0.25, 0.3) is 0 Å². The monoisotopic (exact) mass is 420 g/mol. The lowest BCUT2D eigenvalue weighted by Gasteiger charge is -2.20. The molecule has 1 saturated heterocycles. The lowest BCUT2D eigenvalue weighted by molar-refractivity contribution is -0.166. The molecule has 1 aliphatic rings. The van der Waals surface area contributed by atoms with E-state index < -0.39 is 31.7 Å². The van der Waals surface area contributed by atoms with Crippen LogP contribution in [0.3, 0.4) is 0 Å². The number of carbonyl (C=O) groups excluding carboxylic acids is 2. The number of hydrogen-bond acceptors (Lipinski definition) is 7. The Kier molecular flexibility index (Phi) is 12.8. The number of rotatable bonds is 15. The Morgan fingerprint density at radius 3 is 2.54 bits per heavy atom. The van der Waals surface area contributed by atoms with Crippen molar-refractivity contribution in [3.05, 3.63) is 0 Å². The van der Waals surface area contributed by atoms with Crippen molar-refractivity contribution < 1.29 is 28.3 Å². The molecule has 4 N–H and O–H groups in total. The second-order valence-electron chi connectivity index (χ2n) is 7.40. The van der Waals surface area contributed by atoms with Gasteiger partial charge in [-0.15, -0.1) is 0 Å². The molecule has 1 aliphatic heterocycles. The number of ether oxygens (including phenoxy) is 1. The molecule has 2 unspecified atom stereocenters. The highest BCUT2D eigenvalue weighted by Crippen LogP contribution is 2.45. The first-order chi connectivity index (χ1) is 13.4. The number of nitrogens with two attached hydrogens (primary N) is 1. The summed E-state index contributed by atoms with van der Waals surface area (Å²) in [5, 5.41) is 2.96. The van der Waals surface area contributed by atoms with Crippen LogP contribution in [0.4, 0.5) is 0 Å². The molecule has 1 rings (SSSR count). The van der Waals surface area contributed by atoms with Crippen LogP contribution in [0.2, 0.25) is 0 Å². The third-order valence-electron chi connectivity index (χ3n) is 4.82. The van der Waals surface area contributed by atoms with E-state index in [1.54, 1.807) is 0 Å². The third kappa shape index (κ3) is 10.7. The summed E-state index contributed by atoms with van der Waals surface area (Å²) in [6, 6.07) is -0.502. The summed E-state index contributed by atoms with van der Waals surface area (Å²) in [5.74, 6) is -1.55. The summed E-state index contributed by atoms with van der Waals surface area (Å²) in [6.45, 7) is 3.28. The van der Waals surface area contributed by atoms with Gasteiger partial charge in [0.05, 0.1) is 6.16 Å². The van der Waals surface area contributed by atoms with Crippen LogP contribution in [0.1, 0.15) is 77.6 Å². The highest BCUT2D eigenvalue weighted by Gasteiger charge is 2.33. The molecule has 28 heavy (non-hydrogen) atoms. The van der Waals surface area contributed by atoms with Crippen LogP contribution in [-0.2, 0) is 23.4 Å². The number of unbranched alkanes of at least 4 members (excludes halogenated alkanes) is 6. The van der Waals surface area contributed by atoms with E-state index in [0.29, 0.717) is 38.8 Å². The molecule has 9 heteroatoms. The lowest BCUT2D eigenvalue weighted by atomic mass is 10.1. The molecule has 1 fully saturated rings. The first-order valence-electron chi connectivity index (χ1n) is 10.6. The van der Waals surface area contributed by atoms with Crippen molar-refractivity contribution in [2.75, 3.05) is 19.3 Å². The van der Waals surface area contributed by atoms with Gasteiger partial charge in [-0.05, 0) is 51.6 Å². The van der Waals surface area contributed by atoms with E-state index in [4.69, 9.17) is 15.0 Å². The Hall–Kier alpha value is -0.790. The van der Waals surface area contributed by atoms with Gasteiger partial charge in [0.2, 0.25) is 0 Å². The van der Waals surface area contributed by atoms with Crippen LogP contribution in [0.15, 0.2) is 0 Å². The smallest absolute Gasteiger partial charge is 0.343 e. The molecule has 0 amide bonds. The Bertz CT molecular complexity index is 511. The third-order valence-corrected chi connectivity index (χ3v) is 6.28. The maximum atomic E-state index is 12.4. The van der Waals surface area contributed by atoms with Crippen LogP contribution >= 0.6 is 7.60 Å². The molecule has 0 radical (unpaired) electrons. The van der Waals surface area contributed by atoms with Gasteiger partial charge in [0.15, 0.2) is 6.10 Å². The molecule has 1 heterocycles. The number of hydrogen-bond donors (Lipinski definition) is 3. The Balaban J connectivity index is 2.52. The Morgan fingerprint density at radius 1 is 1.18 bits per heavy atom. The molecular formula is C19H37N2O6P. The van der Waals surface area contributed by atoms with Gasteiger partial charge in [0, 0.05) is 0 Å². The predicted octanol–water partition coefficient (Wildman–Crippen LogP) is 2.87. The van der Waals surface area contributed by atoms with Crippen molar-refractivity contribution in [1.82, 2.24) is 5.32 Å². The van der Waals surface area contributed by atoms with Crippen LogP contribution in [-0.4, -0.2) is 48.2 Å². The first kappa shape index (κ1) is 25.2. The summed E-state index contributed by atoms with van der Waals surface area (Å²) < 4.78 is 22.6. The molecule has 0 saturated carbocycles. The van der Waals surface area contributed by atoms with Crippen LogP contribution < -0.4 is 11.1 Å². The van der Waals surface area contributed by atoms with Gasteiger partial charge >= 0.3 is 19.5 Å². The minimum atomic E-state index is -3.93. The molecular weight excluding hydrogens is 383 g/mol. The average Bonchev–Trinajstić information content (AvgIpc) is 3.18. The van der Waals surface area contributed by atoms with E-state index in [2.05, 4.69) is 12.2 Å². The van der Waals surface area contributed by atoms with Crippen LogP contribution in [0.5, 0.6) is 0 Å². The van der Waals surface area contributed by atoms with Crippen LogP contribution in [0, 0.1) is 0 Å². The fourth-order valence-corrected chi connectivity index (χ4v) is 4.47. The fourth-order valence-electron chi connectivity index (χ4n) is 3.15. The Morgan fingerprint density at radius 2 is 1.89 bits per heavy atom. The van der Waals surface area contributed by atoms with Crippen molar-refractivity contribution in [3.8, 4) is 0 Å². The number of nitrogens with one attached hydrogen (secondary N) is 1. The van der Waals surface area contributed by atoms with Crippen molar-refractivity contribution >= 4 is 19.5 Å². The standard InChI is InChI=1S/C19H37N2O6P/c1-2-3-4-5-6-9-15-28(24,25)27-17(12-7-8-13-20)19(23)26-18(22)16-11-10-14-21-16/h16-17,21H,2-15,20H2,1H3,(H,24,25)/t16-,17?/m0/s1. The topological polar surface area (TPSA) is 128 Å². The zero-order valence-corrected chi connectivity index (χ0v) is 18.0. The second-order valence-corrected chi connectivity index (χ2v) is 9.33. The normalized spacial score (nSPS) is 19.9. The molecule has 0 spiro atoms. The fraction of sp³-hybridized carbons (Fsp3) is 0.895. The summed E-state index contributed by atoms with van der Waals surface area (Å²) in [7, 11) is -3.93. The molecule has 0 aliphatic carbocycles. The zero-order valence-electron chi connectivity index (χ0n) is 17.1. The van der Waals surface area contributed by atoms with Gasteiger partial charge in [0.1, 0.15) is 6.04 Å². The SMILES string of the molecule is CCCCCCCCP(=O)(O)OC(CCCCN)C(=O)OC(=O)[C@@H]1CCCN1. The molecule has 0 aromatic rings. The number of carbonyl (C=O) groups is 2. The van der Waals surface area contributed by atoms with Crippen molar-refractivity contribution in [2.45, 2.75) is 89.7 Å². The molecule has 0 aromatic heterocycles. The molecule has 0 bridgehead atoms. The first-order valence-corrected chi connectivity index (χ1v) is 12.3. The molecule has 164 valence electrons. The van der Waals surface area contributed by atoms with Gasteiger partial charge in [-0.25, -0.2) is 9.59 Å². The highest BCUT2D eigenvalue weighted by atomic mass is 31.2. The van der Waals surface area contributed by atoms with E-state index in [-0.39, 0.29) is 12.6 Å². The average molecular weight is 420 g/mol. The lowest BCUT2D eigenvalue weighted by Crippen LogP contribution is -2.37. The van der Waals surface area contributed by atoms with E-state index in [1.807, 2.05) is 0 Å². The zero-order chi connectivity index (χ0) is 20.8. The van der Waals surface area contributed by atoms with Crippen molar-refractivity contribution in [1.29, 1.82) is 0 Å². The molecule has 0 aromatic carbocycles. The van der Waals surface area contributed by atoms with E-state index in [9.17, 15) is 19.0 Å². The summed E-state index contributed by atoms with van der Waals surface area (Å²) in [4.78, 5) is 34.6. The maximum absolute atomic E-state index is 12.4. The minimum absolute atomic E-state index is 0.00206. The van der Waals surface area contributed by atoms with Gasteiger partial charge in [0.25, 0.3) is 0 Å². The van der Waals surface area contributed by atoms with E-state index >= 15 is 0 Å². The van der Waals surface area contributed by atoms with Crippen molar-refractivity contribution in [2.24, 2.45) is 5.73 Å². The highest BCUT2D eigenvalue weighted by molar-refractivity contribution is 7.52. The summed E-state index contributed by atoms with van der Waals surface area (Å²) in [5.41, 5.74) is 5.47. The maximum Gasteiger partial charge on any atom is 0.343 e. The van der Waals surface area contributed by atoms with Crippen molar-refractivity contribution in [3.63, 3.8) is 0 Å². The molecule has 3 atom stereocenters. The Labute approximate surface area is 168 Å². The summed E-state index contributed by atoms with van der Waals surface area (Å²) in [6.07, 6.45) is 7.45. The van der Waals surface area contributed by atoms with Gasteiger partial charge in [-0.3, -0.25) is 9.09 Å². The quantitative estimate of drug-likeness (QED) is 0.160. The molecule has 8 nitrogen and oxygen atoms in total. The van der Waals surface area contributed by atoms with E-state index in [0.717, 1.165) is 38.5 Å². The summed E-state index contributed by atoms with van der Waals surface area (Å²) >= 11 is 0. The van der Waals surface area contributed by atoms with Gasteiger partial charge < -0.3 is 20.7 Å². The number of esters is 2. The second kappa shape index (κ2) is 14.2. The largest absolute Gasteiger partial charge is 0.390 e. The predicted molar refractivity (Wildman–Crippen MR) is 108 cm³/mol.